The number of benzene rings is 2. The second kappa shape index (κ2) is 6.83. The third kappa shape index (κ3) is 3.39. The van der Waals surface area contributed by atoms with E-state index >= 15 is 0 Å². The molecule has 0 saturated heterocycles. The van der Waals surface area contributed by atoms with Crippen molar-refractivity contribution in [1.82, 2.24) is 0 Å². The van der Waals surface area contributed by atoms with E-state index in [0.29, 0.717) is 5.56 Å². The molecule has 4 nitrogen and oxygen atoms in total. The Morgan fingerprint density at radius 3 is 1.96 bits per heavy atom. The Morgan fingerprint density at radius 1 is 0.875 bits per heavy atom. The number of esters is 1. The Hall–Kier alpha value is -2.05. The van der Waals surface area contributed by atoms with Crippen LogP contribution in [0.5, 0.6) is 0 Å². The molecule has 0 amide bonds. The van der Waals surface area contributed by atoms with E-state index in [1.54, 1.807) is 48.5 Å². The van der Waals surface area contributed by atoms with Crippen LogP contribution in [0, 0.1) is 5.92 Å². The van der Waals surface area contributed by atoms with Crippen LogP contribution in [0.15, 0.2) is 63.6 Å². The number of halogens is 2. The lowest BCUT2D eigenvalue weighted by molar-refractivity contribution is -0.143. The highest BCUT2D eigenvalue weighted by Crippen LogP contribution is 2.27. The summed E-state index contributed by atoms with van der Waals surface area (Å²) in [4.78, 5) is 37.0. The molecule has 120 valence electrons. The Morgan fingerprint density at radius 2 is 1.42 bits per heavy atom. The average molecular weight is 450 g/mol. The summed E-state index contributed by atoms with van der Waals surface area (Å²) in [6, 6.07) is 13.4. The Balaban J connectivity index is 1.89. The van der Waals surface area contributed by atoms with Crippen molar-refractivity contribution in [3.05, 3.63) is 74.7 Å². The maximum absolute atomic E-state index is 12.4. The van der Waals surface area contributed by atoms with Gasteiger partial charge in [-0.15, -0.1) is 0 Å². The molecule has 0 aromatic heterocycles. The molecule has 0 aliphatic carbocycles. The number of Topliss-reactive ketones (excluding diaryl/α,β-unsaturated/α-hetero) is 1. The van der Waals surface area contributed by atoms with Crippen LogP contribution in [0.2, 0.25) is 0 Å². The third-order valence-corrected chi connectivity index (χ3v) is 4.58. The molecule has 1 aliphatic rings. The molecule has 2 aromatic rings. The van der Waals surface area contributed by atoms with Crippen molar-refractivity contribution in [3.63, 3.8) is 0 Å². The van der Waals surface area contributed by atoms with Gasteiger partial charge in [-0.05, 0) is 24.3 Å². The van der Waals surface area contributed by atoms with Gasteiger partial charge in [0.1, 0.15) is 5.76 Å². The summed E-state index contributed by atoms with van der Waals surface area (Å²) >= 11 is 6.58. The second-order valence-electron chi connectivity index (χ2n) is 5.14. The van der Waals surface area contributed by atoms with Crippen LogP contribution >= 0.6 is 31.9 Å². The van der Waals surface area contributed by atoms with E-state index in [1.165, 1.54) is 6.08 Å². The predicted molar refractivity (Wildman–Crippen MR) is 95.2 cm³/mol. The molecule has 0 spiro atoms. The summed E-state index contributed by atoms with van der Waals surface area (Å²) in [7, 11) is 0. The Kier molecular flexibility index (Phi) is 4.78. The molecule has 24 heavy (non-hydrogen) atoms. The molecule has 0 saturated carbocycles. The third-order valence-electron chi connectivity index (χ3n) is 3.52. The first-order chi connectivity index (χ1) is 11.5. The molecular weight excluding hydrogens is 440 g/mol. The minimum absolute atomic E-state index is 0.150. The number of carbonyl (C=O) groups is 3. The van der Waals surface area contributed by atoms with E-state index in [9.17, 15) is 14.4 Å². The van der Waals surface area contributed by atoms with Crippen molar-refractivity contribution in [3.8, 4) is 0 Å². The first-order valence-corrected chi connectivity index (χ1v) is 8.57. The monoisotopic (exact) mass is 448 g/mol. The molecule has 0 radical (unpaired) electrons. The standard InChI is InChI=1S/C18H10Br2O4/c19-12-5-1-10(2-6-12)15-9-14(21)16(18(23)24-15)17(22)11-3-7-13(20)8-4-11/h1-9,16H/t16-/m1/s1. The van der Waals surface area contributed by atoms with Gasteiger partial charge in [-0.1, -0.05) is 56.1 Å². The van der Waals surface area contributed by atoms with Crippen molar-refractivity contribution in [2.45, 2.75) is 0 Å². The summed E-state index contributed by atoms with van der Waals surface area (Å²) in [5, 5.41) is 0. The van der Waals surface area contributed by atoms with Gasteiger partial charge in [-0.25, -0.2) is 0 Å². The number of ketones is 2. The zero-order valence-corrected chi connectivity index (χ0v) is 15.3. The lowest BCUT2D eigenvalue weighted by Gasteiger charge is -2.19. The summed E-state index contributed by atoms with van der Waals surface area (Å²) in [6.45, 7) is 0. The van der Waals surface area contributed by atoms with E-state index in [1.807, 2.05) is 0 Å². The number of ether oxygens (including phenoxy) is 1. The minimum atomic E-state index is -1.45. The number of allylic oxidation sites excluding steroid dienone is 1. The first kappa shape index (κ1) is 16.8. The fraction of sp³-hybridized carbons (Fsp3) is 0.0556. The van der Waals surface area contributed by atoms with Gasteiger partial charge < -0.3 is 4.74 Å². The molecule has 0 N–H and O–H groups in total. The molecule has 0 unspecified atom stereocenters. The van der Waals surface area contributed by atoms with Crippen molar-refractivity contribution in [1.29, 1.82) is 0 Å². The van der Waals surface area contributed by atoms with E-state index in [2.05, 4.69) is 31.9 Å². The van der Waals surface area contributed by atoms with E-state index < -0.39 is 23.5 Å². The van der Waals surface area contributed by atoms with Crippen molar-refractivity contribution < 1.29 is 19.1 Å². The summed E-state index contributed by atoms with van der Waals surface area (Å²) < 4.78 is 6.88. The summed E-state index contributed by atoms with van der Waals surface area (Å²) in [6.07, 6.45) is 1.20. The number of rotatable bonds is 3. The lowest BCUT2D eigenvalue weighted by atomic mass is 9.91. The van der Waals surface area contributed by atoms with Crippen LogP contribution in [0.25, 0.3) is 5.76 Å². The molecule has 1 heterocycles. The first-order valence-electron chi connectivity index (χ1n) is 6.98. The van der Waals surface area contributed by atoms with Crippen molar-refractivity contribution in [2.75, 3.05) is 0 Å². The highest BCUT2D eigenvalue weighted by Gasteiger charge is 2.39. The van der Waals surface area contributed by atoms with Gasteiger partial charge in [0.15, 0.2) is 17.5 Å². The molecule has 2 aromatic carbocycles. The van der Waals surface area contributed by atoms with Crippen LogP contribution < -0.4 is 0 Å². The molecule has 1 atom stereocenters. The minimum Gasteiger partial charge on any atom is -0.425 e. The van der Waals surface area contributed by atoms with Gasteiger partial charge in [-0.2, -0.15) is 0 Å². The van der Waals surface area contributed by atoms with E-state index in [4.69, 9.17) is 4.74 Å². The largest absolute Gasteiger partial charge is 0.425 e. The van der Waals surface area contributed by atoms with Gasteiger partial charge in [0, 0.05) is 26.1 Å². The molecule has 3 rings (SSSR count). The van der Waals surface area contributed by atoms with E-state index in [0.717, 1.165) is 8.95 Å². The number of carbonyl (C=O) groups excluding carboxylic acids is 3. The molecule has 6 heteroatoms. The van der Waals surface area contributed by atoms with Gasteiger partial charge in [0.25, 0.3) is 0 Å². The fourth-order valence-corrected chi connectivity index (χ4v) is 2.83. The average Bonchev–Trinajstić information content (AvgIpc) is 2.55. The maximum atomic E-state index is 12.4. The zero-order valence-electron chi connectivity index (χ0n) is 12.2. The molecule has 0 fully saturated rings. The highest BCUT2D eigenvalue weighted by atomic mass is 79.9. The van der Waals surface area contributed by atoms with Crippen LogP contribution in [0.3, 0.4) is 0 Å². The molecule has 1 aliphatic heterocycles. The van der Waals surface area contributed by atoms with Crippen molar-refractivity contribution >= 4 is 55.2 Å². The maximum Gasteiger partial charge on any atom is 0.330 e. The summed E-state index contributed by atoms with van der Waals surface area (Å²) in [5.74, 6) is -3.29. The zero-order chi connectivity index (χ0) is 17.3. The number of cyclic esters (lactones) is 1. The number of hydrogen-bond donors (Lipinski definition) is 0. The van der Waals surface area contributed by atoms with Crippen LogP contribution in [-0.2, 0) is 14.3 Å². The van der Waals surface area contributed by atoms with Crippen LogP contribution in [0.1, 0.15) is 15.9 Å². The van der Waals surface area contributed by atoms with Crippen LogP contribution in [0.4, 0.5) is 0 Å². The lowest BCUT2D eigenvalue weighted by Crippen LogP contribution is -2.35. The van der Waals surface area contributed by atoms with Gasteiger partial charge >= 0.3 is 5.97 Å². The fourth-order valence-electron chi connectivity index (χ4n) is 2.30. The van der Waals surface area contributed by atoms with Crippen LogP contribution in [-0.4, -0.2) is 17.5 Å². The van der Waals surface area contributed by atoms with Gasteiger partial charge in [0.05, 0.1) is 0 Å². The number of hydrogen-bond acceptors (Lipinski definition) is 4. The molecular formula is C18H10Br2O4. The van der Waals surface area contributed by atoms with Gasteiger partial charge in [-0.3, -0.25) is 14.4 Å². The smallest absolute Gasteiger partial charge is 0.330 e. The molecule has 0 bridgehead atoms. The topological polar surface area (TPSA) is 60.4 Å². The Bertz CT molecular complexity index is 852. The quantitative estimate of drug-likeness (QED) is 0.400. The predicted octanol–water partition coefficient (Wildman–Crippen LogP) is 4.18. The SMILES string of the molecule is O=C1C=C(c2ccc(Br)cc2)OC(=O)[C@H]1C(=O)c1ccc(Br)cc1. The van der Waals surface area contributed by atoms with E-state index in [-0.39, 0.29) is 11.3 Å². The normalized spacial score (nSPS) is 17.2. The summed E-state index contributed by atoms with van der Waals surface area (Å²) in [5.41, 5.74) is 0.878. The second-order valence-corrected chi connectivity index (χ2v) is 6.97. The van der Waals surface area contributed by atoms with Gasteiger partial charge in [0.2, 0.25) is 0 Å². The van der Waals surface area contributed by atoms with Crippen molar-refractivity contribution in [2.24, 2.45) is 5.92 Å². The Labute approximate surface area is 154 Å². The highest BCUT2D eigenvalue weighted by molar-refractivity contribution is 9.10.